The Morgan fingerprint density at radius 2 is 2.13 bits per heavy atom. The van der Waals surface area contributed by atoms with E-state index in [4.69, 9.17) is 9.84 Å². The van der Waals surface area contributed by atoms with Crippen LogP contribution >= 0.6 is 11.8 Å². The van der Waals surface area contributed by atoms with Crippen LogP contribution in [0.4, 0.5) is 0 Å². The minimum Gasteiger partial charge on any atom is -0.481 e. The molecule has 1 N–H and O–H groups in total. The second-order valence-corrected chi connectivity index (χ2v) is 7.08. The molecule has 0 bridgehead atoms. The highest BCUT2D eigenvalue weighted by atomic mass is 32.2. The van der Waals surface area contributed by atoms with Crippen LogP contribution in [0.25, 0.3) is 0 Å². The van der Waals surface area contributed by atoms with Gasteiger partial charge in [0.1, 0.15) is 5.37 Å². The van der Waals surface area contributed by atoms with E-state index in [1.54, 1.807) is 18.7 Å². The predicted molar refractivity (Wildman–Crippen MR) is 87.1 cm³/mol. The van der Waals surface area contributed by atoms with Crippen LogP contribution in [0.1, 0.15) is 33.1 Å². The standard InChI is InChI=1S/C16H23NO5S/c1-9(2)14(20)13-11(7-12(18)19)15(21)17(16(13)23-3)8-10-5-4-6-22-10/h9-10,16H,4-8H2,1-3H3,(H,18,19). The molecule has 6 nitrogen and oxygen atoms in total. The highest BCUT2D eigenvalue weighted by molar-refractivity contribution is 7.99. The van der Waals surface area contributed by atoms with E-state index in [2.05, 4.69) is 0 Å². The van der Waals surface area contributed by atoms with Crippen LogP contribution in [0.15, 0.2) is 11.1 Å². The smallest absolute Gasteiger partial charge is 0.308 e. The van der Waals surface area contributed by atoms with Crippen molar-refractivity contribution < 1.29 is 24.2 Å². The van der Waals surface area contributed by atoms with Crippen LogP contribution in [-0.2, 0) is 19.1 Å². The molecule has 7 heteroatoms. The third kappa shape index (κ3) is 3.77. The van der Waals surface area contributed by atoms with Gasteiger partial charge in [-0.2, -0.15) is 0 Å². The Morgan fingerprint density at radius 1 is 1.43 bits per heavy atom. The summed E-state index contributed by atoms with van der Waals surface area (Å²) in [7, 11) is 0. The Kier molecular flexibility index (Phi) is 5.86. The third-order valence-corrected chi connectivity index (χ3v) is 5.08. The summed E-state index contributed by atoms with van der Waals surface area (Å²) in [4.78, 5) is 38.0. The molecule has 2 rings (SSSR count). The van der Waals surface area contributed by atoms with E-state index in [9.17, 15) is 14.4 Å². The van der Waals surface area contributed by atoms with E-state index >= 15 is 0 Å². The van der Waals surface area contributed by atoms with Crippen LogP contribution in [0, 0.1) is 5.92 Å². The van der Waals surface area contributed by atoms with Gasteiger partial charge in [0, 0.05) is 30.2 Å². The molecule has 1 fully saturated rings. The molecule has 0 spiro atoms. The molecule has 0 aromatic heterocycles. The predicted octanol–water partition coefficient (Wildman–Crippen LogP) is 1.69. The van der Waals surface area contributed by atoms with Gasteiger partial charge in [0.25, 0.3) is 5.91 Å². The number of nitrogens with zero attached hydrogens (tertiary/aromatic N) is 1. The Morgan fingerprint density at radius 3 is 2.61 bits per heavy atom. The molecule has 0 radical (unpaired) electrons. The fourth-order valence-corrected chi connectivity index (χ4v) is 3.97. The number of aliphatic carboxylic acids is 1. The van der Waals surface area contributed by atoms with Crippen molar-refractivity contribution in [2.24, 2.45) is 5.92 Å². The zero-order valence-electron chi connectivity index (χ0n) is 13.7. The largest absolute Gasteiger partial charge is 0.481 e. The first-order valence-corrected chi connectivity index (χ1v) is 9.10. The van der Waals surface area contributed by atoms with Crippen molar-refractivity contribution >= 4 is 29.4 Å². The van der Waals surface area contributed by atoms with Crippen molar-refractivity contribution in [1.82, 2.24) is 4.90 Å². The average molecular weight is 341 g/mol. The van der Waals surface area contributed by atoms with Crippen LogP contribution in [0.3, 0.4) is 0 Å². The first-order valence-electron chi connectivity index (χ1n) is 7.81. The number of ether oxygens (including phenoxy) is 1. The fourth-order valence-electron chi connectivity index (χ4n) is 3.03. The molecule has 1 saturated heterocycles. The lowest BCUT2D eigenvalue weighted by atomic mass is 9.96. The van der Waals surface area contributed by atoms with Gasteiger partial charge in [-0.1, -0.05) is 13.8 Å². The molecular formula is C16H23NO5S. The van der Waals surface area contributed by atoms with Gasteiger partial charge in [0.15, 0.2) is 5.78 Å². The summed E-state index contributed by atoms with van der Waals surface area (Å²) >= 11 is 1.39. The van der Waals surface area contributed by atoms with Crippen LogP contribution in [0.5, 0.6) is 0 Å². The maximum atomic E-state index is 12.7. The van der Waals surface area contributed by atoms with Crippen molar-refractivity contribution in [3.8, 4) is 0 Å². The summed E-state index contributed by atoms with van der Waals surface area (Å²) in [6.07, 6.45) is 3.23. The summed E-state index contributed by atoms with van der Waals surface area (Å²) in [6, 6.07) is 0. The number of carbonyl (C=O) groups excluding carboxylic acids is 2. The van der Waals surface area contributed by atoms with E-state index in [-0.39, 0.29) is 29.3 Å². The number of hydrogen-bond acceptors (Lipinski definition) is 5. The number of Topliss-reactive ketones (excluding diaryl/α,β-unsaturated/α-hetero) is 1. The monoisotopic (exact) mass is 341 g/mol. The van der Waals surface area contributed by atoms with Gasteiger partial charge in [0.05, 0.1) is 12.5 Å². The Labute approximate surface area is 140 Å². The highest BCUT2D eigenvalue weighted by Gasteiger charge is 2.43. The van der Waals surface area contributed by atoms with Gasteiger partial charge in [-0.3, -0.25) is 14.4 Å². The lowest BCUT2D eigenvalue weighted by Gasteiger charge is -2.28. The maximum Gasteiger partial charge on any atom is 0.308 e. The lowest BCUT2D eigenvalue weighted by molar-refractivity contribution is -0.137. The van der Waals surface area contributed by atoms with Crippen molar-refractivity contribution in [2.75, 3.05) is 19.4 Å². The number of amides is 1. The van der Waals surface area contributed by atoms with Crippen molar-refractivity contribution in [3.05, 3.63) is 11.1 Å². The zero-order chi connectivity index (χ0) is 17.1. The van der Waals surface area contributed by atoms with E-state index < -0.39 is 17.8 Å². The normalized spacial score (nSPS) is 24.9. The Balaban J connectivity index is 2.33. The second kappa shape index (κ2) is 7.49. The maximum absolute atomic E-state index is 12.7. The van der Waals surface area contributed by atoms with E-state index in [0.717, 1.165) is 12.8 Å². The van der Waals surface area contributed by atoms with Gasteiger partial charge in [0.2, 0.25) is 0 Å². The number of carbonyl (C=O) groups is 3. The number of ketones is 1. The van der Waals surface area contributed by atoms with Gasteiger partial charge in [-0.05, 0) is 19.1 Å². The molecule has 128 valence electrons. The number of hydrogen-bond donors (Lipinski definition) is 1. The highest BCUT2D eigenvalue weighted by Crippen LogP contribution is 2.36. The molecule has 23 heavy (non-hydrogen) atoms. The third-order valence-electron chi connectivity index (χ3n) is 4.14. The molecular weight excluding hydrogens is 318 g/mol. The van der Waals surface area contributed by atoms with E-state index in [0.29, 0.717) is 18.7 Å². The topological polar surface area (TPSA) is 83.9 Å². The van der Waals surface area contributed by atoms with E-state index in [1.165, 1.54) is 11.8 Å². The van der Waals surface area contributed by atoms with Gasteiger partial charge in [-0.25, -0.2) is 0 Å². The van der Waals surface area contributed by atoms with Crippen molar-refractivity contribution in [1.29, 1.82) is 0 Å². The quantitative estimate of drug-likeness (QED) is 0.759. The minimum absolute atomic E-state index is 0.0341. The molecule has 0 aromatic rings. The summed E-state index contributed by atoms with van der Waals surface area (Å²) < 4.78 is 5.59. The SMILES string of the molecule is CSC1C(C(=O)C(C)C)=C(CC(=O)O)C(=O)N1CC1CCCO1. The molecule has 2 atom stereocenters. The molecule has 2 heterocycles. The summed E-state index contributed by atoms with van der Waals surface area (Å²) in [5.74, 6) is -1.87. The number of carboxylic acid groups (broad SMARTS) is 1. The van der Waals surface area contributed by atoms with Gasteiger partial charge >= 0.3 is 5.97 Å². The molecule has 0 aromatic carbocycles. The minimum atomic E-state index is -1.10. The molecule has 0 aliphatic carbocycles. The Bertz CT molecular complexity index is 537. The van der Waals surface area contributed by atoms with Crippen LogP contribution in [-0.4, -0.2) is 58.6 Å². The number of carboxylic acids is 1. The Hall–Kier alpha value is -1.34. The molecule has 0 saturated carbocycles. The molecule has 2 aliphatic rings. The second-order valence-electron chi connectivity index (χ2n) is 6.16. The molecule has 2 aliphatic heterocycles. The van der Waals surface area contributed by atoms with Crippen molar-refractivity contribution in [3.63, 3.8) is 0 Å². The van der Waals surface area contributed by atoms with Crippen LogP contribution < -0.4 is 0 Å². The number of rotatable bonds is 7. The summed E-state index contributed by atoms with van der Waals surface area (Å²) in [5.41, 5.74) is 0.492. The van der Waals surface area contributed by atoms with Gasteiger partial charge < -0.3 is 14.7 Å². The first kappa shape index (κ1) is 18.0. The fraction of sp³-hybridized carbons (Fsp3) is 0.688. The average Bonchev–Trinajstić information content (AvgIpc) is 3.07. The number of thioether (sulfide) groups is 1. The summed E-state index contributed by atoms with van der Waals surface area (Å²) in [6.45, 7) is 4.61. The molecule has 1 amide bonds. The molecule has 2 unspecified atom stereocenters. The lowest BCUT2D eigenvalue weighted by Crippen LogP contribution is -2.40. The van der Waals surface area contributed by atoms with Crippen molar-refractivity contribution in [2.45, 2.75) is 44.6 Å². The zero-order valence-corrected chi connectivity index (χ0v) is 14.5. The summed E-state index contributed by atoms with van der Waals surface area (Å²) in [5, 5.41) is 8.69. The van der Waals surface area contributed by atoms with Crippen LogP contribution in [0.2, 0.25) is 0 Å². The van der Waals surface area contributed by atoms with Gasteiger partial charge in [-0.15, -0.1) is 11.8 Å². The van der Waals surface area contributed by atoms with E-state index in [1.807, 2.05) is 6.26 Å². The first-order chi connectivity index (χ1) is 10.9.